The molecule has 1 aliphatic heterocycles. The fourth-order valence-corrected chi connectivity index (χ4v) is 5.24. The van der Waals surface area contributed by atoms with E-state index in [0.717, 1.165) is 28.4 Å². The molecule has 1 spiro atoms. The molecule has 148 valence electrons. The Morgan fingerprint density at radius 1 is 1.07 bits per heavy atom. The van der Waals surface area contributed by atoms with Crippen LogP contribution in [0.3, 0.4) is 0 Å². The molecule has 4 rings (SSSR count). The van der Waals surface area contributed by atoms with Crippen LogP contribution in [0.4, 0.5) is 13.2 Å². The molecule has 3 nitrogen and oxygen atoms in total. The fraction of sp³-hybridized carbons (Fsp3) is 0.381. The average Bonchev–Trinajstić information content (AvgIpc) is 2.91. The smallest absolute Gasteiger partial charge is 0.405 e. The van der Waals surface area contributed by atoms with Crippen LogP contribution in [0.15, 0.2) is 46.9 Å². The third kappa shape index (κ3) is 3.70. The maximum atomic E-state index is 12.6. The van der Waals surface area contributed by atoms with Crippen molar-refractivity contribution >= 4 is 21.7 Å². The van der Waals surface area contributed by atoms with Gasteiger partial charge in [-0.3, -0.25) is 9.69 Å². The Morgan fingerprint density at radius 3 is 2.50 bits per heavy atom. The number of carbonyl (C=O) groups is 1. The Labute approximate surface area is 169 Å². The average molecular weight is 454 g/mol. The van der Waals surface area contributed by atoms with E-state index in [1.807, 2.05) is 18.2 Å². The minimum Gasteiger partial charge on any atom is -0.405 e. The maximum absolute atomic E-state index is 12.6. The summed E-state index contributed by atoms with van der Waals surface area (Å²) in [6.45, 7) is 1.82. The van der Waals surface area contributed by atoms with Crippen LogP contribution < -0.4 is 4.74 Å². The second-order valence-corrected chi connectivity index (χ2v) is 8.33. The van der Waals surface area contributed by atoms with E-state index < -0.39 is 6.36 Å². The lowest BCUT2D eigenvalue weighted by atomic mass is 9.73. The van der Waals surface area contributed by atoms with Crippen LogP contribution in [0.5, 0.6) is 5.75 Å². The molecule has 0 atom stereocenters. The molecular formula is C21H19BrF3NO2. The Balaban J connectivity index is 1.49. The van der Waals surface area contributed by atoms with Crippen LogP contribution in [0, 0.1) is 0 Å². The van der Waals surface area contributed by atoms with Gasteiger partial charge in [0.25, 0.3) is 0 Å². The zero-order valence-electron chi connectivity index (χ0n) is 15.1. The predicted molar refractivity (Wildman–Crippen MR) is 102 cm³/mol. The largest absolute Gasteiger partial charge is 0.573 e. The Morgan fingerprint density at radius 2 is 1.79 bits per heavy atom. The van der Waals surface area contributed by atoms with Crippen molar-refractivity contribution in [3.8, 4) is 5.75 Å². The number of para-hydroxylation sites is 1. The first-order chi connectivity index (χ1) is 13.3. The Bertz CT molecular complexity index is 905. The van der Waals surface area contributed by atoms with Gasteiger partial charge in [0, 0.05) is 34.0 Å². The molecule has 0 aromatic heterocycles. The van der Waals surface area contributed by atoms with Gasteiger partial charge in [-0.15, -0.1) is 13.2 Å². The van der Waals surface area contributed by atoms with E-state index >= 15 is 0 Å². The quantitative estimate of drug-likeness (QED) is 0.617. The molecule has 0 N–H and O–H groups in total. The Kier molecular flexibility index (Phi) is 5.00. The summed E-state index contributed by atoms with van der Waals surface area (Å²) in [6.07, 6.45) is -2.60. The monoisotopic (exact) mass is 453 g/mol. The second kappa shape index (κ2) is 7.19. The highest BCUT2D eigenvalue weighted by Crippen LogP contribution is 2.49. The highest BCUT2D eigenvalue weighted by Gasteiger charge is 2.46. The van der Waals surface area contributed by atoms with Crippen molar-refractivity contribution in [1.82, 2.24) is 4.90 Å². The number of alkyl halides is 3. The minimum atomic E-state index is -4.71. The van der Waals surface area contributed by atoms with Crippen LogP contribution in [-0.4, -0.2) is 30.1 Å². The van der Waals surface area contributed by atoms with Crippen LogP contribution >= 0.6 is 15.9 Å². The number of nitrogens with zero attached hydrogens (tertiary/aromatic N) is 1. The first-order valence-electron chi connectivity index (χ1n) is 9.16. The molecule has 2 aliphatic rings. The van der Waals surface area contributed by atoms with Crippen LogP contribution in [-0.2, 0) is 12.0 Å². The molecule has 0 bridgehead atoms. The molecule has 0 saturated carbocycles. The number of rotatable bonds is 3. The van der Waals surface area contributed by atoms with Crippen LogP contribution in [0.2, 0.25) is 0 Å². The number of Topliss-reactive ketones (excluding diaryl/α,β-unsaturated/α-hetero) is 1. The lowest BCUT2D eigenvalue weighted by Crippen LogP contribution is -2.41. The molecule has 1 heterocycles. The van der Waals surface area contributed by atoms with Gasteiger partial charge < -0.3 is 4.74 Å². The van der Waals surface area contributed by atoms with Crippen molar-refractivity contribution in [3.63, 3.8) is 0 Å². The number of benzene rings is 2. The SMILES string of the molecule is O=C1CC2(CCN(Cc3ccccc3OC(F)(F)F)CC2)c2c(Br)cccc21. The molecular weight excluding hydrogens is 435 g/mol. The molecule has 0 unspecified atom stereocenters. The molecule has 1 fully saturated rings. The lowest BCUT2D eigenvalue weighted by molar-refractivity contribution is -0.275. The van der Waals surface area contributed by atoms with Crippen molar-refractivity contribution in [2.75, 3.05) is 13.1 Å². The number of piperidine rings is 1. The highest BCUT2D eigenvalue weighted by molar-refractivity contribution is 9.10. The van der Waals surface area contributed by atoms with E-state index in [0.29, 0.717) is 31.6 Å². The summed E-state index contributed by atoms with van der Waals surface area (Å²) in [5.41, 5.74) is 2.23. The molecule has 0 radical (unpaired) electrons. The van der Waals surface area contributed by atoms with Gasteiger partial charge in [0.2, 0.25) is 0 Å². The highest BCUT2D eigenvalue weighted by atomic mass is 79.9. The number of hydrogen-bond acceptors (Lipinski definition) is 3. The normalized spacial score (nSPS) is 19.1. The second-order valence-electron chi connectivity index (χ2n) is 7.47. The van der Waals surface area contributed by atoms with E-state index in [1.165, 1.54) is 12.1 Å². The first kappa shape index (κ1) is 19.5. The summed E-state index contributed by atoms with van der Waals surface area (Å²) in [4.78, 5) is 14.6. The van der Waals surface area contributed by atoms with Crippen molar-refractivity contribution in [2.24, 2.45) is 0 Å². The van der Waals surface area contributed by atoms with Crippen LogP contribution in [0.1, 0.15) is 40.7 Å². The first-order valence-corrected chi connectivity index (χ1v) is 9.95. The molecule has 1 aliphatic carbocycles. The number of hydrogen-bond donors (Lipinski definition) is 0. The molecule has 2 aromatic carbocycles. The zero-order valence-corrected chi connectivity index (χ0v) is 16.6. The van der Waals surface area contributed by atoms with Crippen molar-refractivity contribution in [2.45, 2.75) is 37.6 Å². The fourth-order valence-electron chi connectivity index (χ4n) is 4.45. The number of likely N-dealkylation sites (tertiary alicyclic amines) is 1. The van der Waals surface area contributed by atoms with Gasteiger partial charge in [0.05, 0.1) is 0 Å². The number of fused-ring (bicyclic) bond motifs is 2. The molecule has 7 heteroatoms. The van der Waals surface area contributed by atoms with E-state index in [9.17, 15) is 18.0 Å². The molecule has 2 aromatic rings. The summed E-state index contributed by atoms with van der Waals surface area (Å²) in [7, 11) is 0. The van der Waals surface area contributed by atoms with E-state index in [1.54, 1.807) is 12.1 Å². The Hall–Kier alpha value is -1.86. The van der Waals surface area contributed by atoms with Crippen molar-refractivity contribution in [3.05, 3.63) is 63.6 Å². The lowest BCUT2D eigenvalue weighted by Gasteiger charge is -2.40. The predicted octanol–water partition coefficient (Wildman–Crippen LogP) is 5.47. The van der Waals surface area contributed by atoms with Crippen LogP contribution in [0.25, 0.3) is 0 Å². The van der Waals surface area contributed by atoms with Gasteiger partial charge in [0.1, 0.15) is 5.75 Å². The maximum Gasteiger partial charge on any atom is 0.573 e. The number of carbonyl (C=O) groups excluding carboxylic acids is 1. The van der Waals surface area contributed by atoms with Gasteiger partial charge in [-0.1, -0.05) is 46.3 Å². The number of ketones is 1. The van der Waals surface area contributed by atoms with Gasteiger partial charge in [-0.05, 0) is 43.6 Å². The van der Waals surface area contributed by atoms with Gasteiger partial charge in [-0.2, -0.15) is 0 Å². The van der Waals surface area contributed by atoms with E-state index in [2.05, 4.69) is 25.6 Å². The van der Waals surface area contributed by atoms with Gasteiger partial charge in [0.15, 0.2) is 5.78 Å². The van der Waals surface area contributed by atoms with Gasteiger partial charge in [-0.25, -0.2) is 0 Å². The summed E-state index contributed by atoms with van der Waals surface area (Å²) in [6, 6.07) is 12.0. The zero-order chi connectivity index (χ0) is 19.9. The molecule has 28 heavy (non-hydrogen) atoms. The third-order valence-corrected chi connectivity index (χ3v) is 6.41. The standard InChI is InChI=1S/C21H19BrF3NO2/c22-16-6-3-5-15-17(27)12-20(19(15)16)8-10-26(11-9-20)13-14-4-1-2-7-18(14)28-21(23,24)25/h1-7H,8-13H2. The topological polar surface area (TPSA) is 29.5 Å². The third-order valence-electron chi connectivity index (χ3n) is 5.75. The van der Waals surface area contributed by atoms with Gasteiger partial charge >= 0.3 is 6.36 Å². The van der Waals surface area contributed by atoms with E-state index in [-0.39, 0.29) is 16.9 Å². The summed E-state index contributed by atoms with van der Waals surface area (Å²) in [5.74, 6) is 0.0214. The number of halogens is 4. The number of ether oxygens (including phenoxy) is 1. The van der Waals surface area contributed by atoms with Crippen molar-refractivity contribution in [1.29, 1.82) is 0 Å². The summed E-state index contributed by atoms with van der Waals surface area (Å²) < 4.78 is 43.1. The summed E-state index contributed by atoms with van der Waals surface area (Å²) in [5, 5.41) is 0. The molecule has 1 saturated heterocycles. The van der Waals surface area contributed by atoms with E-state index in [4.69, 9.17) is 0 Å². The summed E-state index contributed by atoms with van der Waals surface area (Å²) >= 11 is 3.60. The molecule has 0 amide bonds. The minimum absolute atomic E-state index is 0.153. The van der Waals surface area contributed by atoms with Crippen molar-refractivity contribution < 1.29 is 22.7 Å².